The first-order valence-corrected chi connectivity index (χ1v) is 6.61. The zero-order valence-corrected chi connectivity index (χ0v) is 11.4. The van der Waals surface area contributed by atoms with E-state index in [0.29, 0.717) is 6.54 Å². The van der Waals surface area contributed by atoms with Crippen molar-refractivity contribution in [3.8, 4) is 0 Å². The summed E-state index contributed by atoms with van der Waals surface area (Å²) in [6, 6.07) is 4.34. The number of nitrogens with zero attached hydrogens (tertiary/aromatic N) is 1. The van der Waals surface area contributed by atoms with E-state index in [1.165, 1.54) is 8.66 Å². The Morgan fingerprint density at radius 1 is 1.53 bits per heavy atom. The molecule has 15 heavy (non-hydrogen) atoms. The van der Waals surface area contributed by atoms with Crippen LogP contribution in [-0.4, -0.2) is 37.6 Å². The molecule has 0 spiro atoms. The standard InChI is InChI=1S/C10H18BrN3S/c1-14(7-8(13)6-12)5-4-9-2-3-10(11)15-9/h2-3,8H,4-7,12-13H2,1H3. The van der Waals surface area contributed by atoms with Gasteiger partial charge in [-0.2, -0.15) is 0 Å². The van der Waals surface area contributed by atoms with Crippen LogP contribution in [0.25, 0.3) is 0 Å². The van der Waals surface area contributed by atoms with Gasteiger partial charge in [0, 0.05) is 30.6 Å². The molecule has 0 radical (unpaired) electrons. The molecule has 0 fully saturated rings. The summed E-state index contributed by atoms with van der Waals surface area (Å²) < 4.78 is 1.19. The van der Waals surface area contributed by atoms with E-state index >= 15 is 0 Å². The van der Waals surface area contributed by atoms with Gasteiger partial charge < -0.3 is 16.4 Å². The molecule has 1 heterocycles. The molecule has 1 rings (SSSR count). The number of hydrogen-bond acceptors (Lipinski definition) is 4. The quantitative estimate of drug-likeness (QED) is 0.830. The number of nitrogens with two attached hydrogens (primary N) is 2. The average Bonchev–Trinajstić information content (AvgIpc) is 2.61. The SMILES string of the molecule is CN(CCc1ccc(Br)s1)CC(N)CN. The third kappa shape index (κ3) is 5.08. The summed E-state index contributed by atoms with van der Waals surface area (Å²) in [5.74, 6) is 0. The average molecular weight is 292 g/mol. The van der Waals surface area contributed by atoms with Crippen molar-refractivity contribution < 1.29 is 0 Å². The monoisotopic (exact) mass is 291 g/mol. The lowest BCUT2D eigenvalue weighted by molar-refractivity contribution is 0.317. The second-order valence-corrected chi connectivity index (χ2v) is 6.26. The van der Waals surface area contributed by atoms with E-state index in [0.717, 1.165) is 19.5 Å². The van der Waals surface area contributed by atoms with Gasteiger partial charge in [0.2, 0.25) is 0 Å². The van der Waals surface area contributed by atoms with Crippen molar-refractivity contribution in [3.05, 3.63) is 20.8 Å². The van der Waals surface area contributed by atoms with Crippen LogP contribution in [0.1, 0.15) is 4.88 Å². The molecule has 0 saturated carbocycles. The van der Waals surface area contributed by atoms with Crippen LogP contribution >= 0.6 is 27.3 Å². The Hall–Kier alpha value is 0.0600. The summed E-state index contributed by atoms with van der Waals surface area (Å²) in [6.45, 7) is 2.44. The highest BCUT2D eigenvalue weighted by Gasteiger charge is 2.05. The maximum Gasteiger partial charge on any atom is 0.0701 e. The number of halogens is 1. The van der Waals surface area contributed by atoms with Gasteiger partial charge in [-0.1, -0.05) is 0 Å². The van der Waals surface area contributed by atoms with E-state index in [9.17, 15) is 0 Å². The molecule has 0 bridgehead atoms. The Kier molecular flexibility index (Phi) is 5.78. The zero-order valence-electron chi connectivity index (χ0n) is 8.95. The van der Waals surface area contributed by atoms with E-state index in [4.69, 9.17) is 11.5 Å². The molecule has 5 heteroatoms. The maximum absolute atomic E-state index is 5.78. The Morgan fingerprint density at radius 2 is 2.27 bits per heavy atom. The molecule has 0 aliphatic rings. The number of hydrogen-bond donors (Lipinski definition) is 2. The van der Waals surface area contributed by atoms with Crippen LogP contribution < -0.4 is 11.5 Å². The lowest BCUT2D eigenvalue weighted by atomic mass is 10.2. The van der Waals surface area contributed by atoms with Crippen molar-refractivity contribution in [2.75, 3.05) is 26.7 Å². The molecule has 4 N–H and O–H groups in total. The van der Waals surface area contributed by atoms with E-state index in [1.807, 2.05) is 0 Å². The molecule has 1 aromatic heterocycles. The van der Waals surface area contributed by atoms with Crippen LogP contribution in [0.15, 0.2) is 15.9 Å². The van der Waals surface area contributed by atoms with E-state index in [-0.39, 0.29) is 6.04 Å². The third-order valence-electron chi connectivity index (χ3n) is 2.22. The number of rotatable bonds is 6. The molecule has 3 nitrogen and oxygen atoms in total. The summed E-state index contributed by atoms with van der Waals surface area (Å²) in [6.07, 6.45) is 1.07. The summed E-state index contributed by atoms with van der Waals surface area (Å²) in [4.78, 5) is 3.63. The second kappa shape index (κ2) is 6.60. The fraction of sp³-hybridized carbons (Fsp3) is 0.600. The summed E-state index contributed by atoms with van der Waals surface area (Å²) in [7, 11) is 2.08. The van der Waals surface area contributed by atoms with E-state index < -0.39 is 0 Å². The van der Waals surface area contributed by atoms with Gasteiger partial charge in [0.25, 0.3) is 0 Å². The van der Waals surface area contributed by atoms with Gasteiger partial charge >= 0.3 is 0 Å². The third-order valence-corrected chi connectivity index (χ3v) is 3.90. The highest BCUT2D eigenvalue weighted by Crippen LogP contribution is 2.22. The first-order valence-electron chi connectivity index (χ1n) is 5.00. The smallest absolute Gasteiger partial charge is 0.0701 e. The normalized spacial score (nSPS) is 13.4. The molecule has 0 amide bonds. The fourth-order valence-electron chi connectivity index (χ4n) is 1.35. The second-order valence-electron chi connectivity index (χ2n) is 3.71. The summed E-state index contributed by atoms with van der Waals surface area (Å²) >= 11 is 5.25. The Labute approximate surface area is 104 Å². The molecule has 1 unspecified atom stereocenters. The van der Waals surface area contributed by atoms with Crippen LogP contribution in [0.5, 0.6) is 0 Å². The van der Waals surface area contributed by atoms with Crippen molar-refractivity contribution in [3.63, 3.8) is 0 Å². The van der Waals surface area contributed by atoms with Crippen LogP contribution in [-0.2, 0) is 6.42 Å². The molecule has 1 aromatic rings. The van der Waals surface area contributed by atoms with E-state index in [2.05, 4.69) is 40.0 Å². The molecular formula is C10H18BrN3S. The molecule has 0 saturated heterocycles. The Morgan fingerprint density at radius 3 is 2.80 bits per heavy atom. The fourth-order valence-corrected chi connectivity index (χ4v) is 2.83. The predicted molar refractivity (Wildman–Crippen MR) is 70.2 cm³/mol. The van der Waals surface area contributed by atoms with Crippen LogP contribution in [0.3, 0.4) is 0 Å². The first kappa shape index (κ1) is 13.1. The van der Waals surface area contributed by atoms with Gasteiger partial charge in [0.15, 0.2) is 0 Å². The Balaban J connectivity index is 2.25. The molecule has 86 valence electrons. The lowest BCUT2D eigenvalue weighted by Crippen LogP contribution is -2.41. The van der Waals surface area contributed by atoms with Crippen molar-refractivity contribution in [2.45, 2.75) is 12.5 Å². The maximum atomic E-state index is 5.78. The topological polar surface area (TPSA) is 55.3 Å². The molecular weight excluding hydrogens is 274 g/mol. The molecule has 0 aliphatic carbocycles. The first-order chi connectivity index (χ1) is 7.11. The largest absolute Gasteiger partial charge is 0.329 e. The van der Waals surface area contributed by atoms with Gasteiger partial charge in [-0.25, -0.2) is 0 Å². The summed E-state index contributed by atoms with van der Waals surface area (Å²) in [5, 5.41) is 0. The highest BCUT2D eigenvalue weighted by molar-refractivity contribution is 9.11. The molecule has 1 atom stereocenters. The summed E-state index contributed by atoms with van der Waals surface area (Å²) in [5.41, 5.74) is 11.3. The van der Waals surface area contributed by atoms with Crippen LogP contribution in [0, 0.1) is 0 Å². The van der Waals surface area contributed by atoms with E-state index in [1.54, 1.807) is 11.3 Å². The van der Waals surface area contributed by atoms with Gasteiger partial charge in [0.1, 0.15) is 0 Å². The molecule has 0 aliphatic heterocycles. The van der Waals surface area contributed by atoms with Crippen molar-refractivity contribution in [1.29, 1.82) is 0 Å². The zero-order chi connectivity index (χ0) is 11.3. The van der Waals surface area contributed by atoms with Gasteiger partial charge in [-0.15, -0.1) is 11.3 Å². The van der Waals surface area contributed by atoms with Crippen LogP contribution in [0.4, 0.5) is 0 Å². The van der Waals surface area contributed by atoms with Crippen molar-refractivity contribution in [2.24, 2.45) is 11.5 Å². The number of thiophene rings is 1. The van der Waals surface area contributed by atoms with Crippen molar-refractivity contribution >= 4 is 27.3 Å². The van der Waals surface area contributed by atoms with Crippen LogP contribution in [0.2, 0.25) is 0 Å². The number of likely N-dealkylation sites (N-methyl/N-ethyl adjacent to an activating group) is 1. The van der Waals surface area contributed by atoms with Crippen molar-refractivity contribution in [1.82, 2.24) is 4.90 Å². The minimum atomic E-state index is 0.0880. The van der Waals surface area contributed by atoms with Gasteiger partial charge in [0.05, 0.1) is 3.79 Å². The van der Waals surface area contributed by atoms with Gasteiger partial charge in [-0.05, 0) is 41.5 Å². The highest BCUT2D eigenvalue weighted by atomic mass is 79.9. The minimum Gasteiger partial charge on any atom is -0.329 e. The lowest BCUT2D eigenvalue weighted by Gasteiger charge is -2.19. The minimum absolute atomic E-state index is 0.0880. The Bertz CT molecular complexity index is 290. The van der Waals surface area contributed by atoms with Gasteiger partial charge in [-0.3, -0.25) is 0 Å². The predicted octanol–water partition coefficient (Wildman–Crippen LogP) is 1.27. The molecule has 0 aromatic carbocycles.